The van der Waals surface area contributed by atoms with E-state index in [1.54, 1.807) is 36.9 Å². The van der Waals surface area contributed by atoms with Crippen LogP contribution in [0, 0.1) is 0 Å². The zero-order valence-electron chi connectivity index (χ0n) is 14.7. The first-order chi connectivity index (χ1) is 13.1. The molecule has 0 fully saturated rings. The third-order valence-corrected chi connectivity index (χ3v) is 3.95. The zero-order chi connectivity index (χ0) is 18.8. The lowest BCUT2D eigenvalue weighted by Gasteiger charge is -2.10. The van der Waals surface area contributed by atoms with Gasteiger partial charge in [0.15, 0.2) is 11.6 Å². The van der Waals surface area contributed by atoms with Gasteiger partial charge in [-0.05, 0) is 32.0 Å². The lowest BCUT2D eigenvalue weighted by molar-refractivity contribution is 0.262. The van der Waals surface area contributed by atoms with Gasteiger partial charge < -0.3 is 4.57 Å². The molecule has 0 saturated heterocycles. The van der Waals surface area contributed by atoms with Gasteiger partial charge in [-0.3, -0.25) is 20.7 Å². The molecule has 4 aromatic rings. The van der Waals surface area contributed by atoms with E-state index in [2.05, 4.69) is 41.0 Å². The van der Waals surface area contributed by atoms with Gasteiger partial charge in [0.25, 0.3) is 0 Å². The molecule has 0 radical (unpaired) electrons. The molecule has 2 amide bonds. The highest BCUT2D eigenvalue weighted by Gasteiger charge is 2.13. The maximum atomic E-state index is 12.3. The summed E-state index contributed by atoms with van der Waals surface area (Å²) in [6, 6.07) is 6.83. The third kappa shape index (κ3) is 3.32. The number of pyridine rings is 2. The van der Waals surface area contributed by atoms with Crippen molar-refractivity contribution in [1.29, 1.82) is 0 Å². The number of nitrogens with zero attached hydrogens (tertiary/aromatic N) is 6. The molecule has 27 heavy (non-hydrogen) atoms. The summed E-state index contributed by atoms with van der Waals surface area (Å²) in [6.07, 6.45) is 4.93. The predicted molar refractivity (Wildman–Crippen MR) is 100 cm³/mol. The van der Waals surface area contributed by atoms with Crippen molar-refractivity contribution in [3.8, 4) is 11.5 Å². The summed E-state index contributed by atoms with van der Waals surface area (Å²) in [5.74, 6) is 1.45. The number of hydrogen-bond donors (Lipinski definition) is 3. The Labute approximate surface area is 154 Å². The first-order valence-corrected chi connectivity index (χ1v) is 8.35. The van der Waals surface area contributed by atoms with Gasteiger partial charge in [-0.2, -0.15) is 5.10 Å². The van der Waals surface area contributed by atoms with Gasteiger partial charge in [0, 0.05) is 17.6 Å². The summed E-state index contributed by atoms with van der Waals surface area (Å²) in [7, 11) is 0. The van der Waals surface area contributed by atoms with Gasteiger partial charge in [-0.1, -0.05) is 6.07 Å². The van der Waals surface area contributed by atoms with E-state index in [1.165, 1.54) is 0 Å². The first-order valence-electron chi connectivity index (χ1n) is 8.35. The molecule has 10 heteroatoms. The van der Waals surface area contributed by atoms with E-state index < -0.39 is 6.03 Å². The van der Waals surface area contributed by atoms with Crippen molar-refractivity contribution < 1.29 is 4.79 Å². The molecule has 0 saturated carbocycles. The van der Waals surface area contributed by atoms with Crippen molar-refractivity contribution >= 4 is 28.6 Å². The minimum Gasteiger partial charge on any atom is -0.310 e. The van der Waals surface area contributed by atoms with E-state index in [-0.39, 0.29) is 6.04 Å². The van der Waals surface area contributed by atoms with Crippen molar-refractivity contribution in [2.75, 3.05) is 10.6 Å². The molecular formula is C17H17N9O. The van der Waals surface area contributed by atoms with Crippen LogP contribution in [0.5, 0.6) is 0 Å². The molecule has 3 N–H and O–H groups in total. The minimum absolute atomic E-state index is 0.194. The maximum absolute atomic E-state index is 12.3. The van der Waals surface area contributed by atoms with Crippen LogP contribution in [0.2, 0.25) is 0 Å². The molecule has 0 spiro atoms. The number of rotatable bonds is 4. The average molecular weight is 363 g/mol. The van der Waals surface area contributed by atoms with Gasteiger partial charge in [0.05, 0.1) is 11.7 Å². The molecule has 4 heterocycles. The van der Waals surface area contributed by atoms with Crippen LogP contribution in [-0.4, -0.2) is 41.0 Å². The average Bonchev–Trinajstić information content (AvgIpc) is 3.30. The number of nitrogens with one attached hydrogen (secondary N) is 3. The number of carbonyl (C=O) groups is 1. The Morgan fingerprint density at radius 1 is 1.22 bits per heavy atom. The van der Waals surface area contributed by atoms with E-state index in [0.717, 1.165) is 10.9 Å². The van der Waals surface area contributed by atoms with Gasteiger partial charge >= 0.3 is 6.03 Å². The number of H-pyrrole nitrogens is 1. The first kappa shape index (κ1) is 16.6. The second kappa shape index (κ2) is 6.83. The fourth-order valence-corrected chi connectivity index (χ4v) is 2.65. The summed E-state index contributed by atoms with van der Waals surface area (Å²) < 4.78 is 1.91. The Kier molecular flexibility index (Phi) is 4.21. The number of aromatic amines is 1. The summed E-state index contributed by atoms with van der Waals surface area (Å²) in [4.78, 5) is 20.8. The van der Waals surface area contributed by atoms with Crippen LogP contribution < -0.4 is 10.6 Å². The molecule has 136 valence electrons. The normalized spacial score (nSPS) is 11.1. The van der Waals surface area contributed by atoms with Crippen LogP contribution >= 0.6 is 0 Å². The highest BCUT2D eigenvalue weighted by atomic mass is 16.2. The molecule has 10 nitrogen and oxygen atoms in total. The SMILES string of the molecule is CC(C)n1cnnc1-c1cccc(NC(=O)Nc2n[nH]c3cnccc23)n1. The van der Waals surface area contributed by atoms with E-state index in [9.17, 15) is 4.79 Å². The van der Waals surface area contributed by atoms with Crippen molar-refractivity contribution in [2.24, 2.45) is 0 Å². The van der Waals surface area contributed by atoms with E-state index in [0.29, 0.717) is 23.2 Å². The van der Waals surface area contributed by atoms with Crippen LogP contribution in [0.1, 0.15) is 19.9 Å². The number of anilines is 2. The standard InChI is InChI=1S/C17H17N9O/c1-10(2)26-9-19-25-16(26)12-4-3-5-14(20-12)21-17(27)22-15-11-6-7-18-8-13(11)23-24-15/h3-10H,1-2H3,(H3,20,21,22,23,24,27). The van der Waals surface area contributed by atoms with E-state index in [1.807, 2.05) is 24.5 Å². The number of fused-ring (bicyclic) bond motifs is 1. The molecule has 0 aliphatic rings. The van der Waals surface area contributed by atoms with Gasteiger partial charge in [0.2, 0.25) is 0 Å². The molecule has 4 aromatic heterocycles. The number of aromatic nitrogens is 7. The van der Waals surface area contributed by atoms with Crippen LogP contribution in [-0.2, 0) is 0 Å². The lowest BCUT2D eigenvalue weighted by Crippen LogP contribution is -2.20. The summed E-state index contributed by atoms with van der Waals surface area (Å²) in [6.45, 7) is 4.07. The second-order valence-electron chi connectivity index (χ2n) is 6.14. The Balaban J connectivity index is 1.53. The van der Waals surface area contributed by atoms with Crippen molar-refractivity contribution in [2.45, 2.75) is 19.9 Å². The summed E-state index contributed by atoms with van der Waals surface area (Å²) in [5.41, 5.74) is 1.36. The topological polar surface area (TPSA) is 126 Å². The number of urea groups is 1. The molecule has 0 bridgehead atoms. The highest BCUT2D eigenvalue weighted by molar-refractivity contribution is 6.04. The van der Waals surface area contributed by atoms with E-state index >= 15 is 0 Å². The van der Waals surface area contributed by atoms with Gasteiger partial charge in [0.1, 0.15) is 17.8 Å². The van der Waals surface area contributed by atoms with Crippen molar-refractivity contribution in [3.05, 3.63) is 43.0 Å². The van der Waals surface area contributed by atoms with Crippen LogP contribution in [0.25, 0.3) is 22.4 Å². The molecule has 0 unspecified atom stereocenters. The number of carbonyl (C=O) groups excluding carboxylic acids is 1. The van der Waals surface area contributed by atoms with Gasteiger partial charge in [-0.25, -0.2) is 9.78 Å². The van der Waals surface area contributed by atoms with Crippen LogP contribution in [0.15, 0.2) is 43.0 Å². The highest BCUT2D eigenvalue weighted by Crippen LogP contribution is 2.21. The zero-order valence-corrected chi connectivity index (χ0v) is 14.7. The maximum Gasteiger partial charge on any atom is 0.326 e. The summed E-state index contributed by atoms with van der Waals surface area (Å²) in [5, 5.41) is 21.2. The molecular weight excluding hydrogens is 346 g/mol. The Morgan fingerprint density at radius 3 is 2.96 bits per heavy atom. The lowest BCUT2D eigenvalue weighted by atomic mass is 10.3. The molecule has 0 aliphatic heterocycles. The van der Waals surface area contributed by atoms with Crippen molar-refractivity contribution in [1.82, 2.24) is 34.9 Å². The summed E-state index contributed by atoms with van der Waals surface area (Å²) >= 11 is 0. The fourth-order valence-electron chi connectivity index (χ4n) is 2.65. The van der Waals surface area contributed by atoms with Crippen LogP contribution in [0.4, 0.5) is 16.4 Å². The Bertz CT molecular complexity index is 1100. The molecule has 0 aromatic carbocycles. The second-order valence-corrected chi connectivity index (χ2v) is 6.14. The minimum atomic E-state index is -0.449. The quantitative estimate of drug-likeness (QED) is 0.512. The molecule has 4 rings (SSSR count). The number of amides is 2. The smallest absolute Gasteiger partial charge is 0.310 e. The van der Waals surface area contributed by atoms with Gasteiger partial charge in [-0.15, -0.1) is 10.2 Å². The van der Waals surface area contributed by atoms with E-state index in [4.69, 9.17) is 0 Å². The molecule has 0 aliphatic carbocycles. The third-order valence-electron chi connectivity index (χ3n) is 3.95. The molecule has 0 atom stereocenters. The largest absolute Gasteiger partial charge is 0.326 e. The van der Waals surface area contributed by atoms with Crippen molar-refractivity contribution in [3.63, 3.8) is 0 Å². The van der Waals surface area contributed by atoms with Crippen LogP contribution in [0.3, 0.4) is 0 Å². The Hall–Kier alpha value is -3.82. The fraction of sp³-hybridized carbons (Fsp3) is 0.176. The monoisotopic (exact) mass is 363 g/mol. The predicted octanol–water partition coefficient (Wildman–Crippen LogP) is 2.84. The Morgan fingerprint density at radius 2 is 2.11 bits per heavy atom. The number of hydrogen-bond acceptors (Lipinski definition) is 6.